The molecule has 0 unspecified atom stereocenters. The molecule has 0 N–H and O–H groups in total. The molecule has 18 heavy (non-hydrogen) atoms. The first-order valence-corrected chi connectivity index (χ1v) is 6.33. The summed E-state index contributed by atoms with van der Waals surface area (Å²) in [6.45, 7) is 4.04. The molecule has 2 aromatic rings. The van der Waals surface area contributed by atoms with Gasteiger partial charge in [0.1, 0.15) is 17.6 Å². The Kier molecular flexibility index (Phi) is 3.69. The average molecular weight is 302 g/mol. The van der Waals surface area contributed by atoms with Crippen LogP contribution in [0.4, 0.5) is 0 Å². The zero-order chi connectivity index (χ0) is 13.1. The fourth-order valence-corrected chi connectivity index (χ4v) is 2.13. The lowest BCUT2D eigenvalue weighted by Gasteiger charge is -2.09. The van der Waals surface area contributed by atoms with Gasteiger partial charge in [-0.15, -0.1) is 0 Å². The number of rotatable bonds is 2. The molecule has 2 aromatic carbocycles. The monoisotopic (exact) mass is 301 g/mol. The van der Waals surface area contributed by atoms with Crippen molar-refractivity contribution in [1.29, 1.82) is 5.26 Å². The van der Waals surface area contributed by atoms with Gasteiger partial charge in [0.2, 0.25) is 0 Å². The van der Waals surface area contributed by atoms with Crippen molar-refractivity contribution in [3.63, 3.8) is 0 Å². The van der Waals surface area contributed by atoms with E-state index in [1.807, 2.05) is 32.0 Å². The molecule has 0 amide bonds. The van der Waals surface area contributed by atoms with Crippen LogP contribution < -0.4 is 4.74 Å². The van der Waals surface area contributed by atoms with Crippen LogP contribution in [0.25, 0.3) is 0 Å². The molecule has 2 nitrogen and oxygen atoms in total. The highest BCUT2D eigenvalue weighted by molar-refractivity contribution is 9.10. The van der Waals surface area contributed by atoms with Crippen LogP contribution in [0.5, 0.6) is 11.5 Å². The standard InChI is InChI=1S/C15H12BrNO/c1-10-5-11(2)7-14(6-10)18-15-8-13(16)4-3-12(15)9-17/h3-8H,1-2H3. The maximum Gasteiger partial charge on any atom is 0.146 e. The molecular weight excluding hydrogens is 290 g/mol. The Balaban J connectivity index is 2.39. The van der Waals surface area contributed by atoms with Crippen LogP contribution in [0.15, 0.2) is 40.9 Å². The van der Waals surface area contributed by atoms with Crippen LogP contribution in [-0.2, 0) is 0 Å². The van der Waals surface area contributed by atoms with Gasteiger partial charge in [-0.25, -0.2) is 0 Å². The first-order chi connectivity index (χ1) is 8.58. The number of nitrogens with zero attached hydrogens (tertiary/aromatic N) is 1. The second kappa shape index (κ2) is 5.24. The summed E-state index contributed by atoms with van der Waals surface area (Å²) in [5, 5.41) is 9.05. The first-order valence-electron chi connectivity index (χ1n) is 5.54. The molecule has 0 aliphatic carbocycles. The molecule has 0 fully saturated rings. The number of halogens is 1. The van der Waals surface area contributed by atoms with E-state index in [9.17, 15) is 0 Å². The normalized spacial score (nSPS) is 9.89. The van der Waals surface area contributed by atoms with E-state index in [0.29, 0.717) is 11.3 Å². The highest BCUT2D eigenvalue weighted by atomic mass is 79.9. The van der Waals surface area contributed by atoms with Gasteiger partial charge in [0.05, 0.1) is 5.56 Å². The molecule has 0 aliphatic rings. The number of nitriles is 1. The molecule has 0 saturated heterocycles. The number of ether oxygens (including phenoxy) is 1. The smallest absolute Gasteiger partial charge is 0.146 e. The van der Waals surface area contributed by atoms with Crippen LogP contribution in [0.1, 0.15) is 16.7 Å². The predicted molar refractivity (Wildman–Crippen MR) is 74.8 cm³/mol. The van der Waals surface area contributed by atoms with Crippen molar-refractivity contribution in [2.45, 2.75) is 13.8 Å². The van der Waals surface area contributed by atoms with Crippen molar-refractivity contribution in [3.05, 3.63) is 57.6 Å². The summed E-state index contributed by atoms with van der Waals surface area (Å²) in [6, 6.07) is 13.5. The van der Waals surface area contributed by atoms with Crippen molar-refractivity contribution in [2.24, 2.45) is 0 Å². The lowest BCUT2D eigenvalue weighted by atomic mass is 10.1. The lowest BCUT2D eigenvalue weighted by Crippen LogP contribution is -1.90. The van der Waals surface area contributed by atoms with Gasteiger partial charge < -0.3 is 4.74 Å². The van der Waals surface area contributed by atoms with Gasteiger partial charge in [-0.3, -0.25) is 0 Å². The predicted octanol–water partition coefficient (Wildman–Crippen LogP) is 4.73. The summed E-state index contributed by atoms with van der Waals surface area (Å²) in [5.74, 6) is 1.32. The summed E-state index contributed by atoms with van der Waals surface area (Å²) in [6.07, 6.45) is 0. The van der Waals surface area contributed by atoms with Gasteiger partial charge in [-0.05, 0) is 55.3 Å². The van der Waals surface area contributed by atoms with Gasteiger partial charge in [-0.2, -0.15) is 5.26 Å². The highest BCUT2D eigenvalue weighted by Gasteiger charge is 2.06. The van der Waals surface area contributed by atoms with Crippen molar-refractivity contribution >= 4 is 15.9 Å². The van der Waals surface area contributed by atoms with E-state index in [1.54, 1.807) is 12.1 Å². The largest absolute Gasteiger partial charge is 0.456 e. The van der Waals surface area contributed by atoms with Gasteiger partial charge in [0.25, 0.3) is 0 Å². The topological polar surface area (TPSA) is 33.0 Å². The Morgan fingerprint density at radius 1 is 1.06 bits per heavy atom. The van der Waals surface area contributed by atoms with Crippen LogP contribution >= 0.6 is 15.9 Å². The Morgan fingerprint density at radius 3 is 2.33 bits per heavy atom. The summed E-state index contributed by atoms with van der Waals surface area (Å²) in [5.41, 5.74) is 2.80. The summed E-state index contributed by atoms with van der Waals surface area (Å²) in [7, 11) is 0. The lowest BCUT2D eigenvalue weighted by molar-refractivity contribution is 0.480. The van der Waals surface area contributed by atoms with Crippen LogP contribution in [0.2, 0.25) is 0 Å². The second-order valence-electron chi connectivity index (χ2n) is 4.18. The molecule has 2 rings (SSSR count). The quantitative estimate of drug-likeness (QED) is 0.803. The SMILES string of the molecule is Cc1cc(C)cc(Oc2cc(Br)ccc2C#N)c1. The molecule has 0 aromatic heterocycles. The highest BCUT2D eigenvalue weighted by Crippen LogP contribution is 2.29. The third-order valence-corrected chi connectivity index (χ3v) is 2.98. The van der Waals surface area contributed by atoms with Crippen molar-refractivity contribution in [2.75, 3.05) is 0 Å². The second-order valence-corrected chi connectivity index (χ2v) is 5.09. The molecular formula is C15H12BrNO. The molecule has 0 saturated carbocycles. The molecule has 0 aliphatic heterocycles. The van der Waals surface area contributed by atoms with Crippen molar-refractivity contribution in [1.82, 2.24) is 0 Å². The first kappa shape index (κ1) is 12.7. The maximum absolute atomic E-state index is 9.05. The van der Waals surface area contributed by atoms with Gasteiger partial charge in [-0.1, -0.05) is 22.0 Å². The van der Waals surface area contributed by atoms with E-state index in [0.717, 1.165) is 21.3 Å². The zero-order valence-electron chi connectivity index (χ0n) is 10.2. The number of hydrogen-bond donors (Lipinski definition) is 0. The molecule has 0 atom stereocenters. The molecule has 0 heterocycles. The van der Waals surface area contributed by atoms with Gasteiger partial charge in [0, 0.05) is 4.47 Å². The fraction of sp³-hybridized carbons (Fsp3) is 0.133. The molecule has 0 bridgehead atoms. The van der Waals surface area contributed by atoms with Crippen molar-refractivity contribution < 1.29 is 4.74 Å². The average Bonchev–Trinajstić information content (AvgIpc) is 2.27. The minimum absolute atomic E-state index is 0.525. The van der Waals surface area contributed by atoms with E-state index < -0.39 is 0 Å². The number of benzene rings is 2. The van der Waals surface area contributed by atoms with Crippen LogP contribution in [0.3, 0.4) is 0 Å². The summed E-state index contributed by atoms with van der Waals surface area (Å²) >= 11 is 3.38. The van der Waals surface area contributed by atoms with Crippen LogP contribution in [0, 0.1) is 25.2 Å². The maximum atomic E-state index is 9.05. The Morgan fingerprint density at radius 2 is 1.72 bits per heavy atom. The van der Waals surface area contributed by atoms with Gasteiger partial charge in [0.15, 0.2) is 0 Å². The van der Waals surface area contributed by atoms with E-state index >= 15 is 0 Å². The Bertz CT molecular complexity index is 609. The molecule has 90 valence electrons. The molecule has 0 radical (unpaired) electrons. The zero-order valence-corrected chi connectivity index (χ0v) is 11.8. The number of aryl methyl sites for hydroxylation is 2. The Hall–Kier alpha value is -1.79. The summed E-state index contributed by atoms with van der Waals surface area (Å²) < 4.78 is 6.68. The Labute approximate surface area is 115 Å². The molecule has 0 spiro atoms. The van der Waals surface area contributed by atoms with E-state index in [1.165, 1.54) is 0 Å². The van der Waals surface area contributed by atoms with Gasteiger partial charge >= 0.3 is 0 Å². The summed E-state index contributed by atoms with van der Waals surface area (Å²) in [4.78, 5) is 0. The van der Waals surface area contributed by atoms with E-state index in [-0.39, 0.29) is 0 Å². The third-order valence-electron chi connectivity index (χ3n) is 2.49. The fourth-order valence-electron chi connectivity index (χ4n) is 1.79. The van der Waals surface area contributed by atoms with E-state index in [2.05, 4.69) is 28.1 Å². The number of hydrogen-bond acceptors (Lipinski definition) is 2. The minimum atomic E-state index is 0.525. The van der Waals surface area contributed by atoms with E-state index in [4.69, 9.17) is 10.00 Å². The minimum Gasteiger partial charge on any atom is -0.456 e. The van der Waals surface area contributed by atoms with Crippen LogP contribution in [-0.4, -0.2) is 0 Å². The molecule has 3 heteroatoms. The third kappa shape index (κ3) is 2.91. The van der Waals surface area contributed by atoms with Crippen molar-refractivity contribution in [3.8, 4) is 17.6 Å².